The first kappa shape index (κ1) is 15.2. The predicted molar refractivity (Wildman–Crippen MR) is 78.0 cm³/mol. The van der Waals surface area contributed by atoms with Crippen molar-refractivity contribution in [1.82, 2.24) is 4.72 Å². The van der Waals surface area contributed by atoms with Gasteiger partial charge in [0.05, 0.1) is 4.90 Å². The van der Waals surface area contributed by atoms with E-state index in [1.807, 2.05) is 13.8 Å². The van der Waals surface area contributed by atoms with E-state index >= 15 is 0 Å². The van der Waals surface area contributed by atoms with Crippen molar-refractivity contribution in [2.24, 2.45) is 5.92 Å². The highest BCUT2D eigenvalue weighted by molar-refractivity contribution is 7.89. The Kier molecular flexibility index (Phi) is 4.60. The van der Waals surface area contributed by atoms with Crippen molar-refractivity contribution in [1.29, 1.82) is 0 Å². The van der Waals surface area contributed by atoms with Gasteiger partial charge in [0.2, 0.25) is 10.0 Å². The fraction of sp³-hybridized carbons (Fsp3) is 0.533. The zero-order valence-electron chi connectivity index (χ0n) is 11.9. The van der Waals surface area contributed by atoms with Crippen LogP contribution in [0, 0.1) is 5.92 Å². The summed E-state index contributed by atoms with van der Waals surface area (Å²) in [7, 11) is -3.40. The Balaban J connectivity index is 2.00. The maximum atomic E-state index is 12.0. The van der Waals surface area contributed by atoms with Gasteiger partial charge in [-0.3, -0.25) is 4.79 Å². The van der Waals surface area contributed by atoms with Gasteiger partial charge in [-0.25, -0.2) is 13.1 Å². The van der Waals surface area contributed by atoms with E-state index < -0.39 is 10.0 Å². The zero-order valence-corrected chi connectivity index (χ0v) is 12.7. The second kappa shape index (κ2) is 6.06. The van der Waals surface area contributed by atoms with Gasteiger partial charge < -0.3 is 0 Å². The highest BCUT2D eigenvalue weighted by Gasteiger charge is 2.27. The highest BCUT2D eigenvalue weighted by atomic mass is 32.2. The molecule has 1 saturated carbocycles. The summed E-state index contributed by atoms with van der Waals surface area (Å²) >= 11 is 0. The molecule has 2 rings (SSSR count). The number of carbonyl (C=O) groups is 1. The summed E-state index contributed by atoms with van der Waals surface area (Å²) in [5.74, 6) is 0.539. The summed E-state index contributed by atoms with van der Waals surface area (Å²) in [5.41, 5.74) is 0.862. The van der Waals surface area contributed by atoms with Crippen LogP contribution in [-0.2, 0) is 21.2 Å². The maximum Gasteiger partial charge on any atom is 0.240 e. The monoisotopic (exact) mass is 295 g/mol. The third-order valence-corrected chi connectivity index (χ3v) is 4.71. The van der Waals surface area contributed by atoms with Crippen molar-refractivity contribution in [3.8, 4) is 0 Å². The van der Waals surface area contributed by atoms with E-state index in [2.05, 4.69) is 4.72 Å². The molecule has 0 aliphatic heterocycles. The van der Waals surface area contributed by atoms with Crippen molar-refractivity contribution in [2.45, 2.75) is 50.5 Å². The molecule has 4 nitrogen and oxygen atoms in total. The molecule has 0 bridgehead atoms. The van der Waals surface area contributed by atoms with Crippen LogP contribution in [0.1, 0.15) is 38.7 Å². The van der Waals surface area contributed by atoms with Gasteiger partial charge in [-0.15, -0.1) is 0 Å². The van der Waals surface area contributed by atoms with E-state index in [9.17, 15) is 13.2 Å². The second-order valence-corrected chi connectivity index (χ2v) is 7.57. The number of ketones is 1. The quantitative estimate of drug-likeness (QED) is 0.839. The molecule has 5 heteroatoms. The van der Waals surface area contributed by atoms with Gasteiger partial charge in [0.15, 0.2) is 0 Å². The Labute approximate surface area is 120 Å². The van der Waals surface area contributed by atoms with Crippen molar-refractivity contribution in [3.05, 3.63) is 29.8 Å². The predicted octanol–water partition coefficient (Wildman–Crippen LogP) is 2.29. The molecule has 0 unspecified atom stereocenters. The number of rotatable bonds is 7. The number of Topliss-reactive ketones (excluding diaryl/α,β-unsaturated/α-hetero) is 1. The van der Waals surface area contributed by atoms with Gasteiger partial charge in [-0.1, -0.05) is 26.0 Å². The molecule has 0 heterocycles. The Morgan fingerprint density at radius 2 is 1.85 bits per heavy atom. The van der Waals surface area contributed by atoms with Crippen LogP contribution in [0.2, 0.25) is 0 Å². The van der Waals surface area contributed by atoms with Crippen LogP contribution in [0.25, 0.3) is 0 Å². The number of carbonyl (C=O) groups excluding carboxylic acids is 1. The molecule has 1 aliphatic carbocycles. The first-order valence-corrected chi connectivity index (χ1v) is 8.48. The molecule has 1 aliphatic rings. The molecule has 0 spiro atoms. The molecule has 110 valence electrons. The van der Waals surface area contributed by atoms with E-state index in [4.69, 9.17) is 0 Å². The minimum Gasteiger partial charge on any atom is -0.299 e. The molecule has 1 aromatic carbocycles. The third kappa shape index (κ3) is 4.42. The molecule has 0 atom stereocenters. The van der Waals surface area contributed by atoms with Crippen LogP contribution in [-0.4, -0.2) is 20.2 Å². The van der Waals surface area contributed by atoms with Crippen molar-refractivity contribution in [3.63, 3.8) is 0 Å². The molecule has 1 aromatic rings. The maximum absolute atomic E-state index is 12.0. The Bertz CT molecular complexity index is 572. The second-order valence-electron chi connectivity index (χ2n) is 5.85. The lowest BCUT2D eigenvalue weighted by Gasteiger charge is -2.07. The number of hydrogen-bond donors (Lipinski definition) is 1. The van der Waals surface area contributed by atoms with Crippen LogP contribution in [0.3, 0.4) is 0 Å². The molecular formula is C15H21NO3S. The summed E-state index contributed by atoms with van der Waals surface area (Å²) in [6.07, 6.45) is 2.76. The van der Waals surface area contributed by atoms with E-state index in [0.29, 0.717) is 18.8 Å². The Hall–Kier alpha value is -1.20. The molecular weight excluding hydrogens is 274 g/mol. The molecule has 0 amide bonds. The molecule has 0 saturated heterocycles. The van der Waals surface area contributed by atoms with Gasteiger partial charge in [-0.05, 0) is 36.5 Å². The molecule has 1 N–H and O–H groups in total. The van der Waals surface area contributed by atoms with Gasteiger partial charge in [0.1, 0.15) is 5.78 Å². The molecule has 20 heavy (non-hydrogen) atoms. The SMILES string of the molecule is CC(C)CC(=O)Cc1ccc(S(=O)(=O)NC2CC2)cc1. The normalized spacial score (nSPS) is 15.6. The van der Waals surface area contributed by atoms with E-state index in [1.165, 1.54) is 0 Å². The fourth-order valence-corrected chi connectivity index (χ4v) is 3.34. The number of hydrogen-bond acceptors (Lipinski definition) is 3. The minimum atomic E-state index is -3.40. The van der Waals surface area contributed by atoms with E-state index in [1.54, 1.807) is 24.3 Å². The first-order chi connectivity index (χ1) is 9.37. The number of benzene rings is 1. The van der Waals surface area contributed by atoms with Crippen LogP contribution >= 0.6 is 0 Å². The van der Waals surface area contributed by atoms with Crippen LogP contribution < -0.4 is 4.72 Å². The van der Waals surface area contributed by atoms with Crippen LogP contribution in [0.4, 0.5) is 0 Å². The lowest BCUT2D eigenvalue weighted by molar-refractivity contribution is -0.119. The summed E-state index contributed by atoms with van der Waals surface area (Å²) < 4.78 is 26.6. The largest absolute Gasteiger partial charge is 0.299 e. The molecule has 0 radical (unpaired) electrons. The molecule has 1 fully saturated rings. The van der Waals surface area contributed by atoms with Crippen molar-refractivity contribution in [2.75, 3.05) is 0 Å². The summed E-state index contributed by atoms with van der Waals surface area (Å²) in [4.78, 5) is 12.0. The lowest BCUT2D eigenvalue weighted by Crippen LogP contribution is -2.25. The Morgan fingerprint density at radius 3 is 2.35 bits per heavy atom. The van der Waals surface area contributed by atoms with Crippen molar-refractivity contribution < 1.29 is 13.2 Å². The number of nitrogens with one attached hydrogen (secondary N) is 1. The van der Waals surface area contributed by atoms with Gasteiger partial charge in [0, 0.05) is 18.9 Å². The van der Waals surface area contributed by atoms with Gasteiger partial charge >= 0.3 is 0 Å². The number of sulfonamides is 1. The zero-order chi connectivity index (χ0) is 14.8. The highest BCUT2D eigenvalue weighted by Crippen LogP contribution is 2.22. The lowest BCUT2D eigenvalue weighted by atomic mass is 10.0. The van der Waals surface area contributed by atoms with Gasteiger partial charge in [-0.2, -0.15) is 0 Å². The van der Waals surface area contributed by atoms with Gasteiger partial charge in [0.25, 0.3) is 0 Å². The topological polar surface area (TPSA) is 63.2 Å². The average molecular weight is 295 g/mol. The summed E-state index contributed by atoms with van der Waals surface area (Å²) in [6, 6.07) is 6.69. The molecule has 0 aromatic heterocycles. The minimum absolute atomic E-state index is 0.104. The standard InChI is InChI=1S/C15H21NO3S/c1-11(2)9-14(17)10-12-3-7-15(8-4-12)20(18,19)16-13-5-6-13/h3-4,7-8,11,13,16H,5-6,9-10H2,1-2H3. The third-order valence-electron chi connectivity index (χ3n) is 3.17. The fourth-order valence-electron chi connectivity index (χ4n) is 2.03. The van der Waals surface area contributed by atoms with Crippen molar-refractivity contribution >= 4 is 15.8 Å². The van der Waals surface area contributed by atoms with Crippen LogP contribution in [0.5, 0.6) is 0 Å². The van der Waals surface area contributed by atoms with E-state index in [0.717, 1.165) is 18.4 Å². The van der Waals surface area contributed by atoms with Crippen LogP contribution in [0.15, 0.2) is 29.2 Å². The first-order valence-electron chi connectivity index (χ1n) is 7.00. The smallest absolute Gasteiger partial charge is 0.240 e. The Morgan fingerprint density at radius 1 is 1.25 bits per heavy atom. The average Bonchev–Trinajstić information content (AvgIpc) is 3.11. The van der Waals surface area contributed by atoms with E-state index in [-0.39, 0.29) is 16.7 Å². The summed E-state index contributed by atoms with van der Waals surface area (Å²) in [5, 5.41) is 0. The summed E-state index contributed by atoms with van der Waals surface area (Å²) in [6.45, 7) is 4.02.